The van der Waals surface area contributed by atoms with Gasteiger partial charge in [0.15, 0.2) is 5.13 Å². The monoisotopic (exact) mass is 366 g/mol. The first-order valence-electron chi connectivity index (χ1n) is 8.51. The van der Waals surface area contributed by atoms with E-state index in [0.29, 0.717) is 0 Å². The first-order chi connectivity index (χ1) is 12.8. The fraction of sp³-hybridized carbons (Fsp3) is 0.238. The first-order valence-corrected chi connectivity index (χ1v) is 9.39. The number of hydrogen-bond donors (Lipinski definition) is 1. The molecule has 3 aromatic rings. The lowest BCUT2D eigenvalue weighted by molar-refractivity contribution is -0.111. The van der Waals surface area contributed by atoms with Gasteiger partial charge in [0, 0.05) is 30.5 Å². The Morgan fingerprint density at radius 1 is 1.23 bits per heavy atom. The molecule has 0 radical (unpaired) electrons. The Morgan fingerprint density at radius 2 is 2.04 bits per heavy atom. The van der Waals surface area contributed by atoms with Crippen LogP contribution in [0.2, 0.25) is 0 Å². The maximum atomic E-state index is 11.4. The summed E-state index contributed by atoms with van der Waals surface area (Å²) in [4.78, 5) is 15.3. The van der Waals surface area contributed by atoms with Crippen LogP contribution in [0.4, 0.5) is 5.13 Å². The molecule has 1 unspecified atom stereocenters. The van der Waals surface area contributed by atoms with Crippen LogP contribution < -0.4 is 10.1 Å². The van der Waals surface area contributed by atoms with Crippen LogP contribution in [0.1, 0.15) is 22.6 Å². The fourth-order valence-corrected chi connectivity index (χ4v) is 3.83. The minimum absolute atomic E-state index is 0.0320. The molecule has 0 fully saturated rings. The number of hydrogen-bond acceptors (Lipinski definition) is 5. The van der Waals surface area contributed by atoms with E-state index in [1.807, 2.05) is 36.7 Å². The number of fused-ring (bicyclic) bond motifs is 1. The van der Waals surface area contributed by atoms with Gasteiger partial charge < -0.3 is 14.8 Å². The summed E-state index contributed by atoms with van der Waals surface area (Å²) in [5, 5.41) is 5.82. The molecule has 2 atom stereocenters. The summed E-state index contributed by atoms with van der Waals surface area (Å²) in [7, 11) is 3.53. The maximum Gasteiger partial charge on any atom is 0.182 e. The smallest absolute Gasteiger partial charge is 0.182 e. The Morgan fingerprint density at radius 3 is 2.62 bits per heavy atom. The van der Waals surface area contributed by atoms with Crippen molar-refractivity contribution in [2.24, 2.45) is 5.92 Å². The van der Waals surface area contributed by atoms with Crippen molar-refractivity contribution in [3.05, 3.63) is 76.8 Å². The van der Waals surface area contributed by atoms with E-state index in [-0.39, 0.29) is 11.8 Å². The molecule has 26 heavy (non-hydrogen) atoms. The third kappa shape index (κ3) is 3.94. The van der Waals surface area contributed by atoms with Crippen molar-refractivity contribution in [2.45, 2.75) is 12.3 Å². The molecule has 0 amide bonds. The fourth-order valence-electron chi connectivity index (χ4n) is 3.34. The number of carbonyl (C=O) groups excluding carboxylic acids is 1. The van der Waals surface area contributed by atoms with E-state index in [1.165, 1.54) is 16.7 Å². The van der Waals surface area contributed by atoms with Crippen molar-refractivity contribution in [1.82, 2.24) is 4.98 Å². The molecule has 0 bridgehead atoms. The Bertz CT molecular complexity index is 834. The summed E-state index contributed by atoms with van der Waals surface area (Å²) >= 11 is 1.60. The van der Waals surface area contributed by atoms with E-state index >= 15 is 0 Å². The molecule has 0 aliphatic heterocycles. The normalized spacial score (nSPS) is 17.6. The summed E-state index contributed by atoms with van der Waals surface area (Å²) in [6.07, 6.45) is 3.68. The van der Waals surface area contributed by atoms with Crippen molar-refractivity contribution in [1.29, 1.82) is 0 Å². The number of ether oxygens (including phenoxy) is 1. The SMILES string of the molecule is CNc1nccs1.COc1ccc2c(c1)[C@H](c1ccccc1)C(C=O)C2. The number of thiazole rings is 1. The van der Waals surface area contributed by atoms with E-state index in [4.69, 9.17) is 4.74 Å². The second-order valence-electron chi connectivity index (χ2n) is 6.04. The van der Waals surface area contributed by atoms with Crippen LogP contribution in [-0.2, 0) is 11.2 Å². The van der Waals surface area contributed by atoms with Gasteiger partial charge in [-0.2, -0.15) is 0 Å². The number of methoxy groups -OCH3 is 1. The van der Waals surface area contributed by atoms with E-state index in [0.717, 1.165) is 23.6 Å². The van der Waals surface area contributed by atoms with Gasteiger partial charge in [-0.15, -0.1) is 11.3 Å². The molecule has 0 saturated carbocycles. The Balaban J connectivity index is 0.000000236. The Kier molecular flexibility index (Phi) is 6.02. The first kappa shape index (κ1) is 18.1. The summed E-state index contributed by atoms with van der Waals surface area (Å²) in [6.45, 7) is 0. The average molecular weight is 366 g/mol. The molecule has 5 heteroatoms. The molecule has 4 nitrogen and oxygen atoms in total. The molecule has 2 aromatic carbocycles. The van der Waals surface area contributed by atoms with E-state index in [1.54, 1.807) is 24.6 Å². The molecule has 1 N–H and O–H groups in total. The predicted molar refractivity (Wildman–Crippen MR) is 106 cm³/mol. The summed E-state index contributed by atoms with van der Waals surface area (Å²) in [5.41, 5.74) is 3.68. The molecule has 1 aromatic heterocycles. The minimum Gasteiger partial charge on any atom is -0.497 e. The van der Waals surface area contributed by atoms with Crippen LogP contribution in [-0.4, -0.2) is 25.4 Å². The third-order valence-corrected chi connectivity index (χ3v) is 5.34. The lowest BCUT2D eigenvalue weighted by Crippen LogP contribution is -2.10. The maximum absolute atomic E-state index is 11.4. The molecule has 134 valence electrons. The van der Waals surface area contributed by atoms with Crippen molar-refractivity contribution in [3.8, 4) is 5.75 Å². The highest BCUT2D eigenvalue weighted by Crippen LogP contribution is 2.42. The van der Waals surface area contributed by atoms with Crippen LogP contribution in [0.15, 0.2) is 60.1 Å². The van der Waals surface area contributed by atoms with E-state index in [2.05, 4.69) is 34.6 Å². The number of anilines is 1. The van der Waals surface area contributed by atoms with Gasteiger partial charge in [0.25, 0.3) is 0 Å². The van der Waals surface area contributed by atoms with Gasteiger partial charge >= 0.3 is 0 Å². The van der Waals surface area contributed by atoms with Crippen LogP contribution >= 0.6 is 11.3 Å². The van der Waals surface area contributed by atoms with Crippen molar-refractivity contribution in [2.75, 3.05) is 19.5 Å². The van der Waals surface area contributed by atoms with Crippen molar-refractivity contribution >= 4 is 22.8 Å². The largest absolute Gasteiger partial charge is 0.497 e. The second kappa shape index (κ2) is 8.63. The molecule has 4 rings (SSSR count). The molecule has 1 heterocycles. The molecular weight excluding hydrogens is 344 g/mol. The van der Waals surface area contributed by atoms with Crippen LogP contribution in [0.5, 0.6) is 5.75 Å². The quantitative estimate of drug-likeness (QED) is 0.696. The van der Waals surface area contributed by atoms with Gasteiger partial charge in [0.1, 0.15) is 12.0 Å². The van der Waals surface area contributed by atoms with Gasteiger partial charge in [-0.05, 0) is 35.2 Å². The Labute approximate surface area is 157 Å². The van der Waals surface area contributed by atoms with Crippen LogP contribution in [0, 0.1) is 5.92 Å². The molecule has 0 saturated heterocycles. The zero-order valence-corrected chi connectivity index (χ0v) is 15.7. The third-order valence-electron chi connectivity index (χ3n) is 4.55. The number of nitrogens with one attached hydrogen (secondary N) is 1. The number of nitrogens with zero attached hydrogens (tertiary/aromatic N) is 1. The standard InChI is InChI=1S/C17H16O2.C4H6N2S/c1-19-15-8-7-13-9-14(11-18)17(16(13)10-15)12-5-3-2-4-6-12;1-5-4-6-2-3-7-4/h2-8,10-11,14,17H,9H2,1H3;2-3H,1H3,(H,5,6)/t14?,17-;/m1./s1. The van der Waals surface area contributed by atoms with E-state index < -0.39 is 0 Å². The lowest BCUT2D eigenvalue weighted by atomic mass is 9.87. The molecule has 1 aliphatic rings. The highest BCUT2D eigenvalue weighted by molar-refractivity contribution is 7.13. The van der Waals surface area contributed by atoms with Gasteiger partial charge in [-0.3, -0.25) is 0 Å². The lowest BCUT2D eigenvalue weighted by Gasteiger charge is -2.16. The Hall–Kier alpha value is -2.66. The van der Waals surface area contributed by atoms with Gasteiger partial charge in [0.2, 0.25) is 0 Å². The van der Waals surface area contributed by atoms with Gasteiger partial charge in [-0.25, -0.2) is 4.98 Å². The zero-order chi connectivity index (χ0) is 18.4. The van der Waals surface area contributed by atoms with Crippen LogP contribution in [0.3, 0.4) is 0 Å². The molecule has 1 aliphatic carbocycles. The molecule has 0 spiro atoms. The van der Waals surface area contributed by atoms with Gasteiger partial charge in [-0.1, -0.05) is 36.4 Å². The number of benzene rings is 2. The van der Waals surface area contributed by atoms with Gasteiger partial charge in [0.05, 0.1) is 7.11 Å². The minimum atomic E-state index is 0.0320. The summed E-state index contributed by atoms with van der Waals surface area (Å²) in [6, 6.07) is 16.3. The second-order valence-corrected chi connectivity index (χ2v) is 6.94. The summed E-state index contributed by atoms with van der Waals surface area (Å²) in [5.74, 6) is 1.04. The molecular formula is C21H22N2O2S. The highest BCUT2D eigenvalue weighted by atomic mass is 32.1. The van der Waals surface area contributed by atoms with Crippen molar-refractivity contribution < 1.29 is 9.53 Å². The average Bonchev–Trinajstić information content (AvgIpc) is 3.35. The highest BCUT2D eigenvalue weighted by Gasteiger charge is 2.33. The number of rotatable bonds is 4. The predicted octanol–water partition coefficient (Wildman–Crippen LogP) is 4.38. The van der Waals surface area contributed by atoms with Crippen LogP contribution in [0.25, 0.3) is 0 Å². The zero-order valence-electron chi connectivity index (χ0n) is 14.9. The number of carbonyl (C=O) groups is 1. The number of aldehydes is 1. The topological polar surface area (TPSA) is 51.2 Å². The number of aromatic nitrogens is 1. The summed E-state index contributed by atoms with van der Waals surface area (Å²) < 4.78 is 5.30. The van der Waals surface area contributed by atoms with E-state index in [9.17, 15) is 4.79 Å². The van der Waals surface area contributed by atoms with Crippen molar-refractivity contribution in [3.63, 3.8) is 0 Å².